The van der Waals surface area contributed by atoms with Gasteiger partial charge in [0.2, 0.25) is 0 Å². The zero-order valence-corrected chi connectivity index (χ0v) is 12.5. The van der Waals surface area contributed by atoms with E-state index >= 15 is 0 Å². The average molecular weight is 253 g/mol. The van der Waals surface area contributed by atoms with E-state index in [4.69, 9.17) is 0 Å². The number of rotatable bonds is 4. The predicted molar refractivity (Wildman–Crippen MR) is 78.0 cm³/mol. The molecule has 1 heterocycles. The highest BCUT2D eigenvalue weighted by atomic mass is 15.3. The molecule has 3 heteroatoms. The van der Waals surface area contributed by atoms with Crippen LogP contribution in [0.1, 0.15) is 39.5 Å². The van der Waals surface area contributed by atoms with Crippen molar-refractivity contribution in [3.8, 4) is 0 Å². The molecule has 2 fully saturated rings. The molecule has 106 valence electrons. The summed E-state index contributed by atoms with van der Waals surface area (Å²) in [4.78, 5) is 5.08. The lowest BCUT2D eigenvalue weighted by molar-refractivity contribution is 0.0993. The Morgan fingerprint density at radius 1 is 1.17 bits per heavy atom. The third-order valence-corrected chi connectivity index (χ3v) is 4.74. The van der Waals surface area contributed by atoms with E-state index in [0.717, 1.165) is 18.0 Å². The maximum absolute atomic E-state index is 3.78. The second kappa shape index (κ2) is 6.88. The molecule has 1 aliphatic carbocycles. The maximum atomic E-state index is 3.78. The first-order valence-corrected chi connectivity index (χ1v) is 7.81. The van der Waals surface area contributed by atoms with Crippen molar-refractivity contribution in [1.29, 1.82) is 0 Å². The number of piperazine rings is 1. The second-order valence-electron chi connectivity index (χ2n) is 6.57. The van der Waals surface area contributed by atoms with Crippen LogP contribution in [0.2, 0.25) is 0 Å². The summed E-state index contributed by atoms with van der Waals surface area (Å²) in [5.74, 6) is 0.929. The molecule has 0 aromatic carbocycles. The van der Waals surface area contributed by atoms with Gasteiger partial charge in [-0.05, 0) is 32.7 Å². The Hall–Kier alpha value is -0.120. The van der Waals surface area contributed by atoms with Gasteiger partial charge >= 0.3 is 0 Å². The Bertz CT molecular complexity index is 244. The molecule has 2 aliphatic rings. The first kappa shape index (κ1) is 14.3. The van der Waals surface area contributed by atoms with Crippen LogP contribution in [0, 0.1) is 5.92 Å². The molecule has 0 spiro atoms. The van der Waals surface area contributed by atoms with E-state index in [0.29, 0.717) is 0 Å². The highest BCUT2D eigenvalue weighted by Gasteiger charge is 2.22. The highest BCUT2D eigenvalue weighted by Crippen LogP contribution is 2.23. The molecule has 3 nitrogen and oxygen atoms in total. The molecule has 1 aliphatic heterocycles. The Balaban J connectivity index is 1.62. The predicted octanol–water partition coefficient (Wildman–Crippen LogP) is 1.79. The van der Waals surface area contributed by atoms with E-state index in [-0.39, 0.29) is 0 Å². The minimum atomic E-state index is 0.718. The summed E-state index contributed by atoms with van der Waals surface area (Å²) in [5.41, 5.74) is 0. The molecular formula is C15H31N3. The van der Waals surface area contributed by atoms with E-state index in [1.807, 2.05) is 0 Å². The van der Waals surface area contributed by atoms with Gasteiger partial charge in [0, 0.05) is 44.8 Å². The van der Waals surface area contributed by atoms with Crippen LogP contribution in [-0.2, 0) is 0 Å². The smallest absolute Gasteiger partial charge is 0.0195 e. The molecule has 3 unspecified atom stereocenters. The highest BCUT2D eigenvalue weighted by molar-refractivity contribution is 4.80. The summed E-state index contributed by atoms with van der Waals surface area (Å²) < 4.78 is 0. The lowest BCUT2D eigenvalue weighted by Gasteiger charge is -2.38. The van der Waals surface area contributed by atoms with Gasteiger partial charge in [-0.1, -0.05) is 19.8 Å². The summed E-state index contributed by atoms with van der Waals surface area (Å²) in [6.07, 6.45) is 5.64. The molecule has 0 aromatic rings. The van der Waals surface area contributed by atoms with Crippen LogP contribution >= 0.6 is 0 Å². The number of nitrogens with zero attached hydrogens (tertiary/aromatic N) is 2. The summed E-state index contributed by atoms with van der Waals surface area (Å²) in [6.45, 7) is 10.8. The Labute approximate surface area is 113 Å². The van der Waals surface area contributed by atoms with Crippen molar-refractivity contribution < 1.29 is 0 Å². The molecule has 0 amide bonds. The summed E-state index contributed by atoms with van der Waals surface area (Å²) in [7, 11) is 2.23. The normalized spacial score (nSPS) is 35.8. The van der Waals surface area contributed by atoms with Gasteiger partial charge in [-0.2, -0.15) is 0 Å². The van der Waals surface area contributed by atoms with E-state index in [9.17, 15) is 0 Å². The van der Waals surface area contributed by atoms with Crippen LogP contribution in [0.25, 0.3) is 0 Å². The van der Waals surface area contributed by atoms with Crippen molar-refractivity contribution >= 4 is 0 Å². The Morgan fingerprint density at radius 3 is 2.72 bits per heavy atom. The molecule has 1 N–H and O–H groups in total. The molecule has 18 heavy (non-hydrogen) atoms. The van der Waals surface area contributed by atoms with Crippen molar-refractivity contribution in [2.75, 3.05) is 39.8 Å². The van der Waals surface area contributed by atoms with Gasteiger partial charge < -0.3 is 10.2 Å². The van der Waals surface area contributed by atoms with Crippen molar-refractivity contribution in [1.82, 2.24) is 15.1 Å². The number of hydrogen-bond acceptors (Lipinski definition) is 3. The molecule has 1 saturated carbocycles. The first-order chi connectivity index (χ1) is 8.65. The Kier molecular flexibility index (Phi) is 5.46. The number of likely N-dealkylation sites (N-methyl/N-ethyl adjacent to an activating group) is 1. The summed E-state index contributed by atoms with van der Waals surface area (Å²) >= 11 is 0. The fourth-order valence-corrected chi connectivity index (χ4v) is 3.54. The lowest BCUT2D eigenvalue weighted by Crippen LogP contribution is -2.52. The van der Waals surface area contributed by atoms with Gasteiger partial charge in [0.05, 0.1) is 0 Å². The van der Waals surface area contributed by atoms with Gasteiger partial charge in [0.15, 0.2) is 0 Å². The molecule has 0 aromatic heterocycles. The van der Waals surface area contributed by atoms with Gasteiger partial charge in [-0.15, -0.1) is 0 Å². The lowest BCUT2D eigenvalue weighted by atomic mass is 9.87. The van der Waals surface area contributed by atoms with E-state index in [2.05, 4.69) is 36.0 Å². The second-order valence-corrected chi connectivity index (χ2v) is 6.57. The fraction of sp³-hybridized carbons (Fsp3) is 1.00. The number of nitrogens with one attached hydrogen (secondary N) is 1. The van der Waals surface area contributed by atoms with Crippen LogP contribution in [0.15, 0.2) is 0 Å². The van der Waals surface area contributed by atoms with Crippen LogP contribution in [0.5, 0.6) is 0 Å². The van der Waals surface area contributed by atoms with Crippen molar-refractivity contribution in [3.63, 3.8) is 0 Å². The van der Waals surface area contributed by atoms with Crippen LogP contribution in [-0.4, -0.2) is 61.7 Å². The van der Waals surface area contributed by atoms with E-state index in [1.54, 1.807) is 0 Å². The largest absolute Gasteiger partial charge is 0.313 e. The quantitative estimate of drug-likeness (QED) is 0.824. The summed E-state index contributed by atoms with van der Waals surface area (Å²) in [6, 6.07) is 1.51. The minimum Gasteiger partial charge on any atom is -0.313 e. The number of hydrogen-bond donors (Lipinski definition) is 1. The molecule has 0 bridgehead atoms. The zero-order chi connectivity index (χ0) is 13.0. The molecule has 2 rings (SSSR count). The third-order valence-electron chi connectivity index (χ3n) is 4.74. The van der Waals surface area contributed by atoms with Gasteiger partial charge in [0.1, 0.15) is 0 Å². The van der Waals surface area contributed by atoms with Gasteiger partial charge in [-0.3, -0.25) is 4.90 Å². The van der Waals surface area contributed by atoms with Crippen LogP contribution in [0.4, 0.5) is 0 Å². The van der Waals surface area contributed by atoms with Crippen LogP contribution < -0.4 is 5.32 Å². The molecule has 3 atom stereocenters. The van der Waals surface area contributed by atoms with Crippen LogP contribution in [0.3, 0.4) is 0 Å². The van der Waals surface area contributed by atoms with Gasteiger partial charge in [-0.25, -0.2) is 0 Å². The SMILES string of the molecule is CC1CCCC(NCCN2CCN(C)CC2C)C1. The van der Waals surface area contributed by atoms with Crippen molar-refractivity contribution in [2.24, 2.45) is 5.92 Å². The van der Waals surface area contributed by atoms with Crippen molar-refractivity contribution in [2.45, 2.75) is 51.6 Å². The zero-order valence-electron chi connectivity index (χ0n) is 12.5. The monoisotopic (exact) mass is 253 g/mol. The van der Waals surface area contributed by atoms with E-state index in [1.165, 1.54) is 58.4 Å². The fourth-order valence-electron chi connectivity index (χ4n) is 3.54. The van der Waals surface area contributed by atoms with Gasteiger partial charge in [0.25, 0.3) is 0 Å². The third kappa shape index (κ3) is 4.22. The van der Waals surface area contributed by atoms with Crippen molar-refractivity contribution in [3.05, 3.63) is 0 Å². The average Bonchev–Trinajstić information content (AvgIpc) is 2.32. The topological polar surface area (TPSA) is 18.5 Å². The molecule has 1 saturated heterocycles. The Morgan fingerprint density at radius 2 is 2.00 bits per heavy atom. The summed E-state index contributed by atoms with van der Waals surface area (Å²) in [5, 5.41) is 3.78. The van der Waals surface area contributed by atoms with E-state index < -0.39 is 0 Å². The maximum Gasteiger partial charge on any atom is 0.0195 e. The minimum absolute atomic E-state index is 0.718. The molecular weight excluding hydrogens is 222 g/mol. The standard InChI is InChI=1S/C15H31N3/c1-13-5-4-6-15(11-13)16-7-8-18-10-9-17(3)12-14(18)2/h13-16H,4-12H2,1-3H3. The molecule has 0 radical (unpaired) electrons. The first-order valence-electron chi connectivity index (χ1n) is 7.81.